The largest absolute Gasteiger partial charge is 0.492 e. The molecule has 144 valence electrons. The first kappa shape index (κ1) is 19.6. The third-order valence-electron chi connectivity index (χ3n) is 4.52. The van der Waals surface area contributed by atoms with Crippen LogP contribution in [-0.2, 0) is 11.3 Å². The molecule has 3 aromatic rings. The Kier molecular flexibility index (Phi) is 6.82. The van der Waals surface area contributed by atoms with Crippen molar-refractivity contribution in [1.29, 1.82) is 0 Å². The number of anilines is 1. The van der Waals surface area contributed by atoms with Crippen molar-refractivity contribution in [3.63, 3.8) is 0 Å². The highest BCUT2D eigenvalue weighted by atomic mass is 16.5. The first-order valence-electron chi connectivity index (χ1n) is 9.51. The molecule has 1 atom stereocenters. The average molecular weight is 374 g/mol. The van der Waals surface area contributed by atoms with Crippen molar-refractivity contribution >= 4 is 11.6 Å². The molecule has 0 heterocycles. The van der Waals surface area contributed by atoms with Crippen LogP contribution in [0.25, 0.3) is 0 Å². The normalized spacial score (nSPS) is 11.8. The molecule has 0 saturated heterocycles. The van der Waals surface area contributed by atoms with Crippen LogP contribution < -0.4 is 10.1 Å². The summed E-state index contributed by atoms with van der Waals surface area (Å²) in [6.45, 7) is 3.14. The van der Waals surface area contributed by atoms with Crippen LogP contribution in [0.4, 0.5) is 5.69 Å². The fraction of sp³-hybridized carbons (Fsp3) is 0.208. The molecule has 0 aliphatic rings. The lowest BCUT2D eigenvalue weighted by atomic mass is 10.0. The molecule has 1 N–H and O–H groups in total. The number of benzene rings is 3. The first-order valence-corrected chi connectivity index (χ1v) is 9.51. The Hall–Kier alpha value is -3.11. The van der Waals surface area contributed by atoms with Crippen LogP contribution in [0.5, 0.6) is 5.75 Å². The number of ether oxygens (including phenoxy) is 1. The molecule has 0 radical (unpaired) electrons. The SMILES string of the molecule is CCOc1ccccc1NC(=O)[C@@H](c1ccccc1)N(C)Cc1ccccc1. The van der Waals surface area contributed by atoms with E-state index in [0.717, 1.165) is 11.1 Å². The Bertz CT molecular complexity index is 881. The molecule has 0 spiro atoms. The van der Waals surface area contributed by atoms with Gasteiger partial charge in [0.05, 0.1) is 12.3 Å². The number of nitrogens with zero attached hydrogens (tertiary/aromatic N) is 1. The summed E-state index contributed by atoms with van der Waals surface area (Å²) >= 11 is 0. The quantitative estimate of drug-likeness (QED) is 0.610. The molecule has 4 heteroatoms. The summed E-state index contributed by atoms with van der Waals surface area (Å²) < 4.78 is 5.65. The second-order valence-corrected chi connectivity index (χ2v) is 6.63. The zero-order valence-corrected chi connectivity index (χ0v) is 16.3. The van der Waals surface area contributed by atoms with Crippen molar-refractivity contribution in [1.82, 2.24) is 4.90 Å². The fourth-order valence-corrected chi connectivity index (χ4v) is 3.26. The van der Waals surface area contributed by atoms with Crippen LogP contribution >= 0.6 is 0 Å². The number of rotatable bonds is 8. The summed E-state index contributed by atoms with van der Waals surface area (Å²) in [5.74, 6) is 0.590. The lowest BCUT2D eigenvalue weighted by Crippen LogP contribution is -2.34. The molecular formula is C24H26N2O2. The van der Waals surface area contributed by atoms with Gasteiger partial charge in [0.15, 0.2) is 0 Å². The second kappa shape index (κ2) is 9.72. The predicted octanol–water partition coefficient (Wildman–Crippen LogP) is 4.90. The molecule has 1 amide bonds. The number of carbonyl (C=O) groups is 1. The number of carbonyl (C=O) groups excluding carboxylic acids is 1. The van der Waals surface area contributed by atoms with Gasteiger partial charge in [0.25, 0.3) is 0 Å². The van der Waals surface area contributed by atoms with E-state index in [9.17, 15) is 4.79 Å². The van der Waals surface area contributed by atoms with Gasteiger partial charge < -0.3 is 10.1 Å². The Balaban J connectivity index is 1.85. The summed E-state index contributed by atoms with van der Waals surface area (Å²) in [5.41, 5.74) is 2.80. The van der Waals surface area contributed by atoms with Crippen molar-refractivity contribution in [2.24, 2.45) is 0 Å². The third kappa shape index (κ3) is 4.99. The maximum absolute atomic E-state index is 13.3. The summed E-state index contributed by atoms with van der Waals surface area (Å²) in [6, 6.07) is 27.1. The van der Waals surface area contributed by atoms with Gasteiger partial charge in [0.1, 0.15) is 11.8 Å². The Labute approximate surface area is 166 Å². The molecule has 0 fully saturated rings. The van der Waals surface area contributed by atoms with E-state index in [-0.39, 0.29) is 5.91 Å². The standard InChI is InChI=1S/C24H26N2O2/c1-3-28-22-17-11-10-16-21(22)25-24(27)23(20-14-8-5-9-15-20)26(2)18-19-12-6-4-7-13-19/h4-17,23H,3,18H2,1-2H3,(H,25,27)/t23-/m1/s1. The van der Waals surface area contributed by atoms with E-state index in [4.69, 9.17) is 4.74 Å². The molecular weight excluding hydrogens is 348 g/mol. The molecule has 3 rings (SSSR count). The summed E-state index contributed by atoms with van der Waals surface area (Å²) in [5, 5.41) is 3.06. The zero-order chi connectivity index (χ0) is 19.8. The van der Waals surface area contributed by atoms with Gasteiger partial charge in [0.2, 0.25) is 5.91 Å². The van der Waals surface area contributed by atoms with Crippen LogP contribution in [0.2, 0.25) is 0 Å². The topological polar surface area (TPSA) is 41.6 Å². The van der Waals surface area contributed by atoms with Gasteiger partial charge in [-0.25, -0.2) is 0 Å². The maximum atomic E-state index is 13.3. The number of hydrogen-bond acceptors (Lipinski definition) is 3. The lowest BCUT2D eigenvalue weighted by Gasteiger charge is -2.28. The second-order valence-electron chi connectivity index (χ2n) is 6.63. The van der Waals surface area contributed by atoms with Gasteiger partial charge in [-0.1, -0.05) is 72.8 Å². The Morgan fingerprint density at radius 2 is 1.54 bits per heavy atom. The molecule has 0 saturated carbocycles. The van der Waals surface area contributed by atoms with Gasteiger partial charge in [-0.2, -0.15) is 0 Å². The minimum atomic E-state index is -0.420. The van der Waals surface area contributed by atoms with Crippen LogP contribution in [0, 0.1) is 0 Å². The van der Waals surface area contributed by atoms with Gasteiger partial charge >= 0.3 is 0 Å². The van der Waals surface area contributed by atoms with Crippen molar-refractivity contribution < 1.29 is 9.53 Å². The molecule has 0 aliphatic carbocycles. The molecule has 0 unspecified atom stereocenters. The number of nitrogens with one attached hydrogen (secondary N) is 1. The fourth-order valence-electron chi connectivity index (χ4n) is 3.26. The van der Waals surface area contributed by atoms with E-state index in [2.05, 4.69) is 22.3 Å². The first-order chi connectivity index (χ1) is 13.7. The summed E-state index contributed by atoms with van der Waals surface area (Å²) in [7, 11) is 1.97. The number of amides is 1. The highest BCUT2D eigenvalue weighted by Gasteiger charge is 2.26. The van der Waals surface area contributed by atoms with E-state index < -0.39 is 6.04 Å². The van der Waals surface area contributed by atoms with Gasteiger partial charge in [-0.3, -0.25) is 9.69 Å². The monoisotopic (exact) mass is 374 g/mol. The Morgan fingerprint density at radius 3 is 2.21 bits per heavy atom. The Morgan fingerprint density at radius 1 is 0.929 bits per heavy atom. The van der Waals surface area contributed by atoms with Gasteiger partial charge in [-0.05, 0) is 37.2 Å². The highest BCUT2D eigenvalue weighted by molar-refractivity contribution is 5.96. The van der Waals surface area contributed by atoms with Crippen molar-refractivity contribution in [3.05, 3.63) is 96.1 Å². The van der Waals surface area contributed by atoms with Crippen molar-refractivity contribution in [2.75, 3.05) is 19.0 Å². The maximum Gasteiger partial charge on any atom is 0.246 e. The minimum Gasteiger partial charge on any atom is -0.492 e. The lowest BCUT2D eigenvalue weighted by molar-refractivity contribution is -0.121. The molecule has 4 nitrogen and oxygen atoms in total. The van der Waals surface area contributed by atoms with E-state index in [0.29, 0.717) is 24.6 Å². The summed E-state index contributed by atoms with van der Waals surface area (Å²) in [4.78, 5) is 15.4. The van der Waals surface area contributed by atoms with Crippen LogP contribution in [0.3, 0.4) is 0 Å². The van der Waals surface area contributed by atoms with Gasteiger partial charge in [0, 0.05) is 6.54 Å². The van der Waals surface area contributed by atoms with E-state index in [1.807, 2.05) is 86.8 Å². The van der Waals surface area contributed by atoms with E-state index in [1.54, 1.807) is 0 Å². The van der Waals surface area contributed by atoms with Crippen LogP contribution in [0.15, 0.2) is 84.9 Å². The van der Waals surface area contributed by atoms with E-state index >= 15 is 0 Å². The van der Waals surface area contributed by atoms with Crippen LogP contribution in [0.1, 0.15) is 24.1 Å². The van der Waals surface area contributed by atoms with E-state index in [1.165, 1.54) is 0 Å². The number of hydrogen-bond donors (Lipinski definition) is 1. The highest BCUT2D eigenvalue weighted by Crippen LogP contribution is 2.28. The van der Waals surface area contributed by atoms with Crippen molar-refractivity contribution in [2.45, 2.75) is 19.5 Å². The van der Waals surface area contributed by atoms with Gasteiger partial charge in [-0.15, -0.1) is 0 Å². The predicted molar refractivity (Wildman–Crippen MR) is 113 cm³/mol. The molecule has 0 bridgehead atoms. The van der Waals surface area contributed by atoms with Crippen LogP contribution in [-0.4, -0.2) is 24.5 Å². The summed E-state index contributed by atoms with van der Waals surface area (Å²) in [6.07, 6.45) is 0. The van der Waals surface area contributed by atoms with Crippen molar-refractivity contribution in [3.8, 4) is 5.75 Å². The number of para-hydroxylation sites is 2. The third-order valence-corrected chi connectivity index (χ3v) is 4.52. The molecule has 3 aromatic carbocycles. The zero-order valence-electron chi connectivity index (χ0n) is 16.3. The molecule has 28 heavy (non-hydrogen) atoms. The minimum absolute atomic E-state index is 0.0863. The number of likely N-dealkylation sites (N-methyl/N-ethyl adjacent to an activating group) is 1. The smallest absolute Gasteiger partial charge is 0.246 e. The molecule has 0 aromatic heterocycles. The average Bonchev–Trinajstić information content (AvgIpc) is 2.71. The molecule has 0 aliphatic heterocycles.